The summed E-state index contributed by atoms with van der Waals surface area (Å²) in [6.07, 6.45) is 1.54. The number of para-hydroxylation sites is 1. The summed E-state index contributed by atoms with van der Waals surface area (Å²) < 4.78 is 7.42. The normalized spacial score (nSPS) is 10.3. The minimum Gasteiger partial charge on any atom is -0.477 e. The van der Waals surface area contributed by atoms with Crippen molar-refractivity contribution in [3.05, 3.63) is 53.7 Å². The Kier molecular flexibility index (Phi) is 4.35. The van der Waals surface area contributed by atoms with Gasteiger partial charge in [0.1, 0.15) is 0 Å². The summed E-state index contributed by atoms with van der Waals surface area (Å²) in [7, 11) is 0. The van der Waals surface area contributed by atoms with Crippen molar-refractivity contribution in [3.63, 3.8) is 0 Å². The molecule has 0 bridgehead atoms. The lowest BCUT2D eigenvalue weighted by atomic mass is 10.2. The zero-order valence-electron chi connectivity index (χ0n) is 11.8. The molecule has 4 heteroatoms. The van der Waals surface area contributed by atoms with Crippen molar-refractivity contribution < 1.29 is 9.53 Å². The van der Waals surface area contributed by atoms with Crippen molar-refractivity contribution in [1.82, 2.24) is 9.78 Å². The Morgan fingerprint density at radius 1 is 1.40 bits per heavy atom. The highest BCUT2D eigenvalue weighted by Crippen LogP contribution is 2.24. The van der Waals surface area contributed by atoms with E-state index in [0.717, 1.165) is 24.0 Å². The highest BCUT2D eigenvalue weighted by Gasteiger charge is 2.17. The van der Waals surface area contributed by atoms with Gasteiger partial charge in [-0.05, 0) is 26.0 Å². The zero-order chi connectivity index (χ0) is 14.5. The van der Waals surface area contributed by atoms with Crippen molar-refractivity contribution >= 4 is 6.29 Å². The van der Waals surface area contributed by atoms with Crippen molar-refractivity contribution in [1.29, 1.82) is 0 Å². The third-order valence-corrected chi connectivity index (χ3v) is 2.95. The van der Waals surface area contributed by atoms with Gasteiger partial charge in [0.15, 0.2) is 6.29 Å². The van der Waals surface area contributed by atoms with Crippen LogP contribution in [0.15, 0.2) is 42.5 Å². The van der Waals surface area contributed by atoms with E-state index in [9.17, 15) is 4.79 Å². The largest absolute Gasteiger partial charge is 0.477 e. The number of hydrogen-bond acceptors (Lipinski definition) is 3. The summed E-state index contributed by atoms with van der Waals surface area (Å²) in [5, 5.41) is 4.39. The number of rotatable bonds is 6. The van der Waals surface area contributed by atoms with E-state index in [1.54, 1.807) is 11.6 Å². The minimum absolute atomic E-state index is 0.480. The Balaban J connectivity index is 2.36. The molecule has 0 spiro atoms. The smallest absolute Gasteiger partial charge is 0.227 e. The Bertz CT molecular complexity index is 615. The van der Waals surface area contributed by atoms with Crippen molar-refractivity contribution in [2.45, 2.75) is 20.3 Å². The lowest BCUT2D eigenvalue weighted by Crippen LogP contribution is -2.05. The van der Waals surface area contributed by atoms with Gasteiger partial charge >= 0.3 is 0 Å². The number of nitrogens with zero attached hydrogens (tertiary/aromatic N) is 2. The summed E-state index contributed by atoms with van der Waals surface area (Å²) in [5.41, 5.74) is 3.07. The van der Waals surface area contributed by atoms with Crippen LogP contribution in [0, 0.1) is 6.92 Å². The molecule has 0 saturated carbocycles. The second kappa shape index (κ2) is 6.19. The van der Waals surface area contributed by atoms with Gasteiger partial charge in [0.25, 0.3) is 0 Å². The highest BCUT2D eigenvalue weighted by molar-refractivity contribution is 5.80. The average molecular weight is 270 g/mol. The van der Waals surface area contributed by atoms with Gasteiger partial charge in [0.2, 0.25) is 5.88 Å². The second-order valence-corrected chi connectivity index (χ2v) is 4.73. The summed E-state index contributed by atoms with van der Waals surface area (Å²) in [6.45, 7) is 8.07. The Morgan fingerprint density at radius 2 is 2.10 bits per heavy atom. The van der Waals surface area contributed by atoms with Crippen LogP contribution < -0.4 is 4.74 Å². The number of carbonyl (C=O) groups is 1. The predicted octanol–water partition coefficient (Wildman–Crippen LogP) is 3.34. The Hall–Kier alpha value is -2.36. The van der Waals surface area contributed by atoms with Crippen LogP contribution in [0.25, 0.3) is 5.69 Å². The molecule has 0 aliphatic rings. The number of benzene rings is 1. The van der Waals surface area contributed by atoms with Gasteiger partial charge < -0.3 is 4.74 Å². The molecule has 0 atom stereocenters. The third kappa shape index (κ3) is 2.96. The summed E-state index contributed by atoms with van der Waals surface area (Å²) in [6, 6.07) is 9.62. The Labute approximate surface area is 118 Å². The lowest BCUT2D eigenvalue weighted by molar-refractivity contribution is 0.111. The van der Waals surface area contributed by atoms with Gasteiger partial charge in [0.05, 0.1) is 23.6 Å². The first-order valence-electron chi connectivity index (χ1n) is 6.51. The average Bonchev–Trinajstić information content (AvgIpc) is 2.75. The molecule has 4 nitrogen and oxygen atoms in total. The van der Waals surface area contributed by atoms with E-state index in [0.29, 0.717) is 23.7 Å². The third-order valence-electron chi connectivity index (χ3n) is 2.95. The number of aryl methyl sites for hydroxylation is 1. The Morgan fingerprint density at radius 3 is 2.70 bits per heavy atom. The molecular weight excluding hydrogens is 252 g/mol. The van der Waals surface area contributed by atoms with Crippen LogP contribution in [0.2, 0.25) is 0 Å². The molecule has 0 aliphatic carbocycles. The zero-order valence-corrected chi connectivity index (χ0v) is 11.8. The molecule has 1 aromatic carbocycles. The van der Waals surface area contributed by atoms with E-state index >= 15 is 0 Å². The van der Waals surface area contributed by atoms with E-state index in [-0.39, 0.29) is 0 Å². The number of ether oxygens (including phenoxy) is 1. The van der Waals surface area contributed by atoms with Crippen LogP contribution in [0.4, 0.5) is 0 Å². The van der Waals surface area contributed by atoms with Gasteiger partial charge in [-0.3, -0.25) is 4.79 Å². The SMILES string of the molecule is C=C(C)CCOc1c(C=O)c(C)nn1-c1ccccc1. The van der Waals surface area contributed by atoms with E-state index in [1.807, 2.05) is 37.3 Å². The molecule has 0 aliphatic heterocycles. The second-order valence-electron chi connectivity index (χ2n) is 4.73. The maximum absolute atomic E-state index is 11.2. The minimum atomic E-state index is 0.480. The molecule has 1 aromatic heterocycles. The van der Waals surface area contributed by atoms with Gasteiger partial charge in [-0.25, -0.2) is 4.68 Å². The molecule has 0 radical (unpaired) electrons. The molecule has 0 saturated heterocycles. The number of carbonyl (C=O) groups excluding carboxylic acids is 1. The number of hydrogen-bond donors (Lipinski definition) is 0. The van der Waals surface area contributed by atoms with Crippen molar-refractivity contribution in [3.8, 4) is 11.6 Å². The molecule has 104 valence electrons. The van der Waals surface area contributed by atoms with Gasteiger partial charge in [-0.15, -0.1) is 6.58 Å². The molecule has 0 fully saturated rings. The van der Waals surface area contributed by atoms with E-state index in [4.69, 9.17) is 4.74 Å². The first kappa shape index (κ1) is 14.1. The predicted molar refractivity (Wildman–Crippen MR) is 78.6 cm³/mol. The monoisotopic (exact) mass is 270 g/mol. The molecule has 0 N–H and O–H groups in total. The standard InChI is InChI=1S/C16H18N2O2/c1-12(2)9-10-20-16-15(11-19)13(3)17-18(16)14-7-5-4-6-8-14/h4-8,11H,1,9-10H2,2-3H3. The summed E-state index contributed by atoms with van der Waals surface area (Å²) in [5.74, 6) is 0.491. The van der Waals surface area contributed by atoms with Gasteiger partial charge in [-0.1, -0.05) is 23.8 Å². The first-order chi connectivity index (χ1) is 9.63. The maximum Gasteiger partial charge on any atom is 0.227 e. The van der Waals surface area contributed by atoms with Crippen LogP contribution >= 0.6 is 0 Å². The first-order valence-corrected chi connectivity index (χ1v) is 6.51. The fraction of sp³-hybridized carbons (Fsp3) is 0.250. The van der Waals surface area contributed by atoms with Crippen molar-refractivity contribution in [2.75, 3.05) is 6.61 Å². The molecular formula is C16H18N2O2. The fourth-order valence-electron chi connectivity index (χ4n) is 1.86. The van der Waals surface area contributed by atoms with Crippen molar-refractivity contribution in [2.24, 2.45) is 0 Å². The van der Waals surface area contributed by atoms with E-state index < -0.39 is 0 Å². The molecule has 2 aromatic rings. The number of aldehydes is 1. The number of aromatic nitrogens is 2. The fourth-order valence-corrected chi connectivity index (χ4v) is 1.86. The molecule has 0 amide bonds. The molecule has 2 rings (SSSR count). The van der Waals surface area contributed by atoms with Crippen LogP contribution in [-0.4, -0.2) is 22.7 Å². The lowest BCUT2D eigenvalue weighted by Gasteiger charge is -2.10. The van der Waals surface area contributed by atoms with Crippen LogP contribution in [-0.2, 0) is 0 Å². The quantitative estimate of drug-likeness (QED) is 0.597. The topological polar surface area (TPSA) is 44.1 Å². The van der Waals surface area contributed by atoms with Gasteiger partial charge in [-0.2, -0.15) is 5.10 Å². The molecule has 0 unspecified atom stereocenters. The molecule has 20 heavy (non-hydrogen) atoms. The van der Waals surface area contributed by atoms with Crippen LogP contribution in [0.5, 0.6) is 5.88 Å². The van der Waals surface area contributed by atoms with E-state index in [2.05, 4.69) is 11.7 Å². The highest BCUT2D eigenvalue weighted by atomic mass is 16.5. The molecule has 1 heterocycles. The van der Waals surface area contributed by atoms with Gasteiger partial charge in [0, 0.05) is 6.42 Å². The van der Waals surface area contributed by atoms with Crippen LogP contribution in [0.3, 0.4) is 0 Å². The summed E-state index contributed by atoms with van der Waals surface area (Å²) >= 11 is 0. The summed E-state index contributed by atoms with van der Waals surface area (Å²) in [4.78, 5) is 11.2. The van der Waals surface area contributed by atoms with E-state index in [1.165, 1.54) is 0 Å². The maximum atomic E-state index is 11.2. The van der Waals surface area contributed by atoms with Crippen LogP contribution in [0.1, 0.15) is 29.4 Å².